The summed E-state index contributed by atoms with van der Waals surface area (Å²) in [6.07, 6.45) is 4.34. The Labute approximate surface area is 359 Å². The summed E-state index contributed by atoms with van der Waals surface area (Å²) in [4.78, 5) is 72.1. The molecule has 320 valence electrons. The zero-order valence-electron chi connectivity index (χ0n) is 35.1. The van der Waals surface area contributed by atoms with Crippen molar-refractivity contribution in [1.29, 1.82) is 0 Å². The van der Waals surface area contributed by atoms with E-state index in [9.17, 15) is 19.2 Å². The zero-order chi connectivity index (χ0) is 43.6. The number of aromatic nitrogens is 4. The van der Waals surface area contributed by atoms with Crippen LogP contribution in [0.15, 0.2) is 116 Å². The number of hydrogen-bond donors (Lipinski definition) is 4. The lowest BCUT2D eigenvalue weighted by Gasteiger charge is -2.28. The van der Waals surface area contributed by atoms with E-state index in [0.717, 1.165) is 40.8 Å². The van der Waals surface area contributed by atoms with E-state index in [2.05, 4.69) is 25.6 Å². The Morgan fingerprint density at radius 1 is 0.758 bits per heavy atom. The summed E-state index contributed by atoms with van der Waals surface area (Å²) in [6, 6.07) is 30.1. The number of nitrogens with zero attached hydrogens (tertiary/aromatic N) is 4. The van der Waals surface area contributed by atoms with Crippen LogP contribution in [0.5, 0.6) is 5.75 Å². The number of benzene rings is 4. The third-order valence-corrected chi connectivity index (χ3v) is 10.9. The highest BCUT2D eigenvalue weighted by Gasteiger charge is 2.37. The molecule has 7 rings (SSSR count). The number of ether oxygens (including phenoxy) is 3. The Hall–Kier alpha value is -7.42. The maximum Gasteiger partial charge on any atom is 0.407 e. The van der Waals surface area contributed by atoms with Gasteiger partial charge < -0.3 is 44.6 Å². The highest BCUT2D eigenvalue weighted by Crippen LogP contribution is 2.36. The predicted octanol–water partition coefficient (Wildman–Crippen LogP) is 7.74. The van der Waals surface area contributed by atoms with Gasteiger partial charge in [0.05, 0.1) is 57.7 Å². The largest absolute Gasteiger partial charge is 0.496 e. The minimum atomic E-state index is -0.937. The van der Waals surface area contributed by atoms with Crippen molar-refractivity contribution in [2.75, 3.05) is 34.4 Å². The van der Waals surface area contributed by atoms with Gasteiger partial charge in [0.1, 0.15) is 29.5 Å². The molecule has 4 N–H and O–H groups in total. The van der Waals surface area contributed by atoms with Gasteiger partial charge in [0.2, 0.25) is 5.91 Å². The van der Waals surface area contributed by atoms with Crippen LogP contribution in [0.3, 0.4) is 0 Å². The second-order valence-corrected chi connectivity index (χ2v) is 14.8. The average molecular weight is 839 g/mol. The number of imidazole rings is 2. The van der Waals surface area contributed by atoms with Crippen LogP contribution in [-0.4, -0.2) is 88.2 Å². The van der Waals surface area contributed by atoms with Crippen molar-refractivity contribution in [1.82, 2.24) is 40.4 Å². The molecule has 1 fully saturated rings. The van der Waals surface area contributed by atoms with Crippen molar-refractivity contribution in [3.8, 4) is 39.4 Å². The van der Waals surface area contributed by atoms with Crippen molar-refractivity contribution < 1.29 is 33.4 Å². The van der Waals surface area contributed by atoms with Gasteiger partial charge in [-0.05, 0) is 59.2 Å². The number of likely N-dealkylation sites (tertiary alicyclic amines) is 1. The van der Waals surface area contributed by atoms with Crippen LogP contribution in [-0.2, 0) is 25.6 Å². The number of carbonyl (C=O) groups excluding carboxylic acids is 4. The second kappa shape index (κ2) is 19.8. The molecule has 0 radical (unpaired) electrons. The molecule has 0 bridgehead atoms. The summed E-state index contributed by atoms with van der Waals surface area (Å²) < 4.78 is 15.4. The molecule has 62 heavy (non-hydrogen) atoms. The van der Waals surface area contributed by atoms with Crippen LogP contribution in [0.25, 0.3) is 33.6 Å². The number of amides is 4. The van der Waals surface area contributed by atoms with Gasteiger partial charge in [-0.15, -0.1) is 0 Å². The third-order valence-electron chi connectivity index (χ3n) is 10.9. The number of aromatic amines is 2. The van der Waals surface area contributed by atoms with Gasteiger partial charge in [0.15, 0.2) is 0 Å². The molecular weight excluding hydrogens is 789 g/mol. The first-order valence-electron chi connectivity index (χ1n) is 20.5. The molecule has 2 aromatic heterocycles. The summed E-state index contributed by atoms with van der Waals surface area (Å²) in [5.74, 6) is 1.38. The number of methoxy groups -OCH3 is 3. The standard InChI is InChI=1S/C47H50N8O7/c1-5-24-54(44(56)41(52-46(58)61-3)32-13-8-6-9-14-32)29-40-48-28-37(50-40)35-26-34(22-23-39(35)60-2)30-18-20-31(21-19-30)36-27-49-43(51-36)38-17-12-25-55(38)45(57)42(53-47(59)62-4)33-15-10-7-11-16-33/h6-11,13-16,18-23,26-28,38,41-42H,5,12,17,24-25,29H2,1-4H3,(H,48,50)(H,49,51)(H,52,58)(H,53,59)/t38-,41+,42+/m0/s1. The Morgan fingerprint density at radius 3 is 2.02 bits per heavy atom. The number of rotatable bonds is 15. The average Bonchev–Trinajstić information content (AvgIpc) is 4.12. The van der Waals surface area contributed by atoms with Gasteiger partial charge in [-0.2, -0.15) is 0 Å². The van der Waals surface area contributed by atoms with E-state index in [1.165, 1.54) is 14.2 Å². The second-order valence-electron chi connectivity index (χ2n) is 14.8. The quantitative estimate of drug-likeness (QED) is 0.0804. The van der Waals surface area contributed by atoms with E-state index in [1.807, 2.05) is 97.9 Å². The number of H-pyrrole nitrogens is 2. The van der Waals surface area contributed by atoms with Crippen molar-refractivity contribution in [3.63, 3.8) is 0 Å². The van der Waals surface area contributed by atoms with Gasteiger partial charge in [-0.25, -0.2) is 19.6 Å². The van der Waals surface area contributed by atoms with E-state index in [-0.39, 0.29) is 24.4 Å². The molecule has 3 heterocycles. The van der Waals surface area contributed by atoms with Crippen molar-refractivity contribution in [2.24, 2.45) is 0 Å². The van der Waals surface area contributed by atoms with E-state index >= 15 is 0 Å². The lowest BCUT2D eigenvalue weighted by atomic mass is 9.99. The van der Waals surface area contributed by atoms with Crippen LogP contribution >= 0.6 is 0 Å². The zero-order valence-corrected chi connectivity index (χ0v) is 35.1. The monoisotopic (exact) mass is 838 g/mol. The normalized spacial score (nSPS) is 14.4. The first-order chi connectivity index (χ1) is 30.2. The first kappa shape index (κ1) is 42.7. The van der Waals surface area contributed by atoms with E-state index < -0.39 is 24.3 Å². The minimum Gasteiger partial charge on any atom is -0.496 e. The smallest absolute Gasteiger partial charge is 0.407 e. The summed E-state index contributed by atoms with van der Waals surface area (Å²) in [7, 11) is 4.15. The molecule has 0 saturated carbocycles. The number of hydrogen-bond acceptors (Lipinski definition) is 9. The van der Waals surface area contributed by atoms with Gasteiger partial charge in [-0.1, -0.05) is 97.9 Å². The fourth-order valence-corrected chi connectivity index (χ4v) is 7.77. The lowest BCUT2D eigenvalue weighted by Crippen LogP contribution is -2.43. The molecule has 0 aliphatic carbocycles. The van der Waals surface area contributed by atoms with Crippen LogP contribution < -0.4 is 15.4 Å². The van der Waals surface area contributed by atoms with E-state index in [1.54, 1.807) is 41.4 Å². The molecule has 3 atom stereocenters. The van der Waals surface area contributed by atoms with Gasteiger partial charge >= 0.3 is 12.2 Å². The number of nitrogens with one attached hydrogen (secondary N) is 4. The lowest BCUT2D eigenvalue weighted by molar-refractivity contribution is -0.135. The molecule has 15 nitrogen and oxygen atoms in total. The van der Waals surface area contributed by atoms with Gasteiger partial charge in [-0.3, -0.25) is 9.59 Å². The SMILES string of the molecule is CCCN(Cc1ncc(-c2cc(-c3ccc(-c4cnc([C@@H]5CCCN5C(=O)[C@H](NC(=O)OC)c5ccccc5)[nH]4)cc3)ccc2OC)[nH]1)C(=O)[C@H](NC(=O)OC)c1ccccc1. The van der Waals surface area contributed by atoms with Crippen LogP contribution in [0, 0.1) is 0 Å². The molecule has 15 heteroatoms. The summed E-state index contributed by atoms with van der Waals surface area (Å²) in [5.41, 5.74) is 6.47. The Balaban J connectivity index is 1.07. The van der Waals surface area contributed by atoms with Crippen molar-refractivity contribution >= 4 is 24.0 Å². The molecule has 4 aromatic carbocycles. The maximum absolute atomic E-state index is 14.0. The van der Waals surface area contributed by atoms with Gasteiger partial charge in [0, 0.05) is 18.7 Å². The Kier molecular flexibility index (Phi) is 13.6. The molecular formula is C47H50N8O7. The molecule has 1 aliphatic heterocycles. The molecule has 6 aromatic rings. The topological polar surface area (TPSA) is 184 Å². The predicted molar refractivity (Wildman–Crippen MR) is 232 cm³/mol. The molecule has 4 amide bonds. The van der Waals surface area contributed by atoms with E-state index in [0.29, 0.717) is 53.7 Å². The summed E-state index contributed by atoms with van der Waals surface area (Å²) >= 11 is 0. The number of carbonyl (C=O) groups is 4. The fraction of sp³-hybridized carbons (Fsp3) is 0.277. The van der Waals surface area contributed by atoms with Gasteiger partial charge in [0.25, 0.3) is 5.91 Å². The Morgan fingerprint density at radius 2 is 1.37 bits per heavy atom. The first-order valence-corrected chi connectivity index (χ1v) is 20.5. The molecule has 0 unspecified atom stereocenters. The van der Waals surface area contributed by atoms with E-state index in [4.69, 9.17) is 19.2 Å². The maximum atomic E-state index is 14.0. The molecule has 1 saturated heterocycles. The van der Waals surface area contributed by atoms with Crippen LogP contribution in [0.4, 0.5) is 9.59 Å². The fourth-order valence-electron chi connectivity index (χ4n) is 7.77. The molecule has 1 aliphatic rings. The highest BCUT2D eigenvalue weighted by atomic mass is 16.5. The van der Waals surface area contributed by atoms with Crippen molar-refractivity contribution in [3.05, 3.63) is 138 Å². The third kappa shape index (κ3) is 9.62. The Bertz CT molecular complexity index is 2470. The molecule has 0 spiro atoms. The summed E-state index contributed by atoms with van der Waals surface area (Å²) in [6.45, 7) is 3.15. The minimum absolute atomic E-state index is 0.188. The van der Waals surface area contributed by atoms with Crippen LogP contribution in [0.1, 0.15) is 67.1 Å². The summed E-state index contributed by atoms with van der Waals surface area (Å²) in [5, 5.41) is 5.40. The highest BCUT2D eigenvalue weighted by molar-refractivity contribution is 5.88. The van der Waals surface area contributed by atoms with Crippen LogP contribution in [0.2, 0.25) is 0 Å². The number of alkyl carbamates (subject to hydrolysis) is 2. The van der Waals surface area contributed by atoms with Crippen molar-refractivity contribution in [2.45, 2.75) is 50.9 Å².